The summed E-state index contributed by atoms with van der Waals surface area (Å²) in [6.07, 6.45) is 5.84. The van der Waals surface area contributed by atoms with E-state index in [1.807, 2.05) is 39.5 Å². The van der Waals surface area contributed by atoms with E-state index in [1.165, 1.54) is 19.3 Å². The number of nitrogens with zero attached hydrogens (tertiary/aromatic N) is 1. The molecular weight excluding hydrogens is 246 g/mol. The van der Waals surface area contributed by atoms with Crippen molar-refractivity contribution in [3.63, 3.8) is 0 Å². The first kappa shape index (κ1) is 17.6. The monoisotopic (exact) mass is 275 g/mol. The van der Waals surface area contributed by atoms with Crippen molar-refractivity contribution in [2.75, 3.05) is 0 Å². The smallest absolute Gasteiger partial charge is 0.410 e. The van der Waals surface area contributed by atoms with Crippen LogP contribution < -0.4 is 0 Å². The molecule has 2 heterocycles. The lowest BCUT2D eigenvalue weighted by molar-refractivity contribution is 0.00783. The Labute approximate surface area is 119 Å². The van der Waals surface area contributed by atoms with Crippen molar-refractivity contribution >= 4 is 19.6 Å². The molecule has 3 nitrogen and oxygen atoms in total. The van der Waals surface area contributed by atoms with Crippen LogP contribution in [0.3, 0.4) is 0 Å². The zero-order chi connectivity index (χ0) is 13.1. The van der Waals surface area contributed by atoms with E-state index < -0.39 is 0 Å². The van der Waals surface area contributed by atoms with E-state index in [2.05, 4.69) is 0 Å². The molecule has 2 aliphatic heterocycles. The van der Waals surface area contributed by atoms with Crippen LogP contribution in [-0.4, -0.2) is 28.7 Å². The van der Waals surface area contributed by atoms with Crippen molar-refractivity contribution in [1.29, 1.82) is 0 Å². The van der Waals surface area contributed by atoms with Crippen LogP contribution in [0.4, 0.5) is 4.79 Å². The Hall–Kier alpha value is -0.380. The molecule has 4 heteroatoms. The maximum atomic E-state index is 12.0. The van der Waals surface area contributed by atoms with Gasteiger partial charge in [-0.25, -0.2) is 4.79 Å². The fraction of sp³-hybridized carbons (Fsp3) is 0.929. The van der Waals surface area contributed by atoms with Crippen molar-refractivity contribution in [1.82, 2.24) is 4.90 Å². The average molecular weight is 275 g/mol. The lowest BCUT2D eigenvalue weighted by atomic mass is 10.0. The van der Waals surface area contributed by atoms with Gasteiger partial charge in [0.05, 0.1) is 0 Å². The van der Waals surface area contributed by atoms with Crippen LogP contribution in [0, 0.1) is 0 Å². The molecule has 2 fully saturated rings. The van der Waals surface area contributed by atoms with Crippen LogP contribution in [0.15, 0.2) is 0 Å². The Morgan fingerprint density at radius 1 is 1.06 bits per heavy atom. The third-order valence-electron chi connectivity index (χ3n) is 3.30. The molecule has 2 saturated heterocycles. The molecule has 0 N–H and O–H groups in total. The Morgan fingerprint density at radius 2 is 1.50 bits per heavy atom. The summed E-state index contributed by atoms with van der Waals surface area (Å²) in [6, 6.07) is 0.914. The topological polar surface area (TPSA) is 29.5 Å². The van der Waals surface area contributed by atoms with Crippen molar-refractivity contribution in [3.05, 3.63) is 0 Å². The van der Waals surface area contributed by atoms with E-state index in [0.717, 1.165) is 12.8 Å². The van der Waals surface area contributed by atoms with Gasteiger partial charge >= 0.3 is 6.09 Å². The van der Waals surface area contributed by atoms with E-state index in [-0.39, 0.29) is 25.2 Å². The molecule has 2 unspecified atom stereocenters. The van der Waals surface area contributed by atoms with Gasteiger partial charge < -0.3 is 9.64 Å². The molecule has 2 atom stereocenters. The lowest BCUT2D eigenvalue weighted by Crippen LogP contribution is -2.46. The molecule has 0 aromatic carbocycles. The van der Waals surface area contributed by atoms with Crippen LogP contribution in [0.25, 0.3) is 0 Å². The van der Waals surface area contributed by atoms with E-state index >= 15 is 0 Å². The summed E-state index contributed by atoms with van der Waals surface area (Å²) in [6.45, 7) is 9.78. The second-order valence-corrected chi connectivity index (χ2v) is 5.70. The highest BCUT2D eigenvalue weighted by Crippen LogP contribution is 2.36. The molecule has 108 valence electrons. The Kier molecular flexibility index (Phi) is 7.11. The van der Waals surface area contributed by atoms with Gasteiger partial charge in [-0.05, 0) is 52.9 Å². The second kappa shape index (κ2) is 7.27. The van der Waals surface area contributed by atoms with Crippen LogP contribution in [0.5, 0.6) is 0 Å². The molecule has 0 spiro atoms. The third kappa shape index (κ3) is 4.38. The molecular formula is C14H29NO2S. The maximum absolute atomic E-state index is 12.0. The summed E-state index contributed by atoms with van der Waals surface area (Å²) >= 11 is 0. The van der Waals surface area contributed by atoms with Crippen LogP contribution in [-0.2, 0) is 4.74 Å². The number of ether oxygens (including phenoxy) is 1. The third-order valence-corrected chi connectivity index (χ3v) is 3.30. The molecule has 2 aliphatic rings. The van der Waals surface area contributed by atoms with Gasteiger partial charge in [-0.15, -0.1) is 0 Å². The molecule has 2 bridgehead atoms. The minimum Gasteiger partial charge on any atom is -0.444 e. The van der Waals surface area contributed by atoms with Gasteiger partial charge in [0, 0.05) is 12.1 Å². The van der Waals surface area contributed by atoms with Crippen molar-refractivity contribution in [3.8, 4) is 0 Å². The Bertz CT molecular complexity index is 247. The van der Waals surface area contributed by atoms with Gasteiger partial charge in [0.15, 0.2) is 0 Å². The first-order valence-corrected chi connectivity index (χ1v) is 6.99. The van der Waals surface area contributed by atoms with Crippen molar-refractivity contribution < 1.29 is 9.53 Å². The molecule has 0 radical (unpaired) electrons. The van der Waals surface area contributed by atoms with Gasteiger partial charge in [0.1, 0.15) is 5.60 Å². The number of carbonyl (C=O) groups excluding carboxylic acids is 1. The van der Waals surface area contributed by atoms with Crippen LogP contribution >= 0.6 is 13.5 Å². The predicted molar refractivity (Wildman–Crippen MR) is 80.5 cm³/mol. The molecule has 0 aliphatic carbocycles. The predicted octanol–water partition coefficient (Wildman–Crippen LogP) is 4.08. The summed E-state index contributed by atoms with van der Waals surface area (Å²) in [5.41, 5.74) is -0.367. The van der Waals surface area contributed by atoms with Gasteiger partial charge in [0.25, 0.3) is 0 Å². The summed E-state index contributed by atoms with van der Waals surface area (Å²) in [4.78, 5) is 14.0. The number of piperidine rings is 1. The van der Waals surface area contributed by atoms with E-state index in [0.29, 0.717) is 12.1 Å². The highest BCUT2D eigenvalue weighted by Gasteiger charge is 2.41. The minimum absolute atomic E-state index is 0. The molecule has 18 heavy (non-hydrogen) atoms. The Balaban J connectivity index is 0.000000917. The molecule has 0 saturated carbocycles. The zero-order valence-corrected chi connectivity index (χ0v) is 13.5. The fourth-order valence-electron chi connectivity index (χ4n) is 2.73. The van der Waals surface area contributed by atoms with E-state index in [9.17, 15) is 4.79 Å². The molecule has 2 rings (SSSR count). The fourth-order valence-corrected chi connectivity index (χ4v) is 2.73. The van der Waals surface area contributed by atoms with Crippen molar-refractivity contribution in [2.45, 2.75) is 84.4 Å². The van der Waals surface area contributed by atoms with E-state index in [1.54, 1.807) is 0 Å². The number of hydrogen-bond acceptors (Lipinski definition) is 2. The van der Waals surface area contributed by atoms with Crippen molar-refractivity contribution in [2.24, 2.45) is 0 Å². The summed E-state index contributed by atoms with van der Waals surface area (Å²) in [5, 5.41) is 0. The first-order chi connectivity index (χ1) is 7.97. The summed E-state index contributed by atoms with van der Waals surface area (Å²) in [7, 11) is 0. The average Bonchev–Trinajstić information content (AvgIpc) is 2.50. The van der Waals surface area contributed by atoms with Gasteiger partial charge in [0.2, 0.25) is 0 Å². The number of carbonyl (C=O) groups is 1. The highest BCUT2D eigenvalue weighted by atomic mass is 32.1. The summed E-state index contributed by atoms with van der Waals surface area (Å²) in [5.74, 6) is 0. The van der Waals surface area contributed by atoms with Gasteiger partial charge in [-0.2, -0.15) is 13.5 Å². The number of rotatable bonds is 0. The lowest BCUT2D eigenvalue weighted by Gasteiger charge is -2.35. The van der Waals surface area contributed by atoms with Gasteiger partial charge in [-0.1, -0.05) is 13.8 Å². The number of fused-ring (bicyclic) bond motifs is 2. The van der Waals surface area contributed by atoms with E-state index in [4.69, 9.17) is 4.74 Å². The second-order valence-electron chi connectivity index (χ2n) is 5.70. The number of amides is 1. The van der Waals surface area contributed by atoms with Gasteiger partial charge in [-0.3, -0.25) is 0 Å². The normalized spacial score (nSPS) is 25.7. The van der Waals surface area contributed by atoms with Crippen LogP contribution in [0.1, 0.15) is 66.7 Å². The highest BCUT2D eigenvalue weighted by molar-refractivity contribution is 7.59. The SMILES string of the molecule is CC.CC(C)(C)OC(=O)N1C2CCCC1CC2.S. The first-order valence-electron chi connectivity index (χ1n) is 6.99. The van der Waals surface area contributed by atoms with Crippen LogP contribution in [0.2, 0.25) is 0 Å². The molecule has 1 amide bonds. The minimum atomic E-state index is -0.367. The quantitative estimate of drug-likeness (QED) is 0.666. The largest absolute Gasteiger partial charge is 0.444 e. The standard InChI is InChI=1S/C12H21NO2.C2H6.H2S/c1-12(2,3)15-11(14)13-9-5-4-6-10(13)8-7-9;1-2;/h9-10H,4-8H2,1-3H3;1-2H3;1H2. The Morgan fingerprint density at radius 3 is 1.89 bits per heavy atom. The summed E-state index contributed by atoms with van der Waals surface area (Å²) < 4.78 is 5.44. The molecule has 0 aromatic heterocycles. The molecule has 0 aromatic rings. The number of hydrogen-bond donors (Lipinski definition) is 0. The zero-order valence-electron chi connectivity index (χ0n) is 12.5. The maximum Gasteiger partial charge on any atom is 0.410 e.